The molecule has 1 fully saturated rings. The number of nitrogens with zero attached hydrogens (tertiary/aromatic N) is 2. The molecule has 2 atom stereocenters. The first-order chi connectivity index (χ1) is 8.33. The number of fused-ring (bicyclic) bond motifs is 1. The van der Waals surface area contributed by atoms with E-state index in [1.165, 1.54) is 30.9 Å². The first-order valence-electron chi connectivity index (χ1n) is 6.75. The normalized spacial score (nSPS) is 29.0. The summed E-state index contributed by atoms with van der Waals surface area (Å²) < 4.78 is 2.32. The Balaban J connectivity index is 1.71. The van der Waals surface area contributed by atoms with Crippen LogP contribution in [-0.2, 0) is 19.4 Å². The van der Waals surface area contributed by atoms with Crippen LogP contribution in [0.4, 0.5) is 0 Å². The highest BCUT2D eigenvalue weighted by Gasteiger charge is 2.22. The molecule has 0 radical (unpaired) electrons. The summed E-state index contributed by atoms with van der Waals surface area (Å²) in [5.41, 5.74) is 1.21. The molecule has 1 aromatic heterocycles. The van der Waals surface area contributed by atoms with Crippen molar-refractivity contribution in [2.24, 2.45) is 5.92 Å². The van der Waals surface area contributed by atoms with E-state index in [2.05, 4.69) is 14.9 Å². The Bertz CT molecular complexity index is 382. The van der Waals surface area contributed by atoms with Gasteiger partial charge in [0.1, 0.15) is 5.82 Å². The van der Waals surface area contributed by atoms with Crippen LogP contribution in [-0.4, -0.2) is 33.9 Å². The third kappa shape index (κ3) is 2.38. The second-order valence-electron chi connectivity index (χ2n) is 5.38. The van der Waals surface area contributed by atoms with Crippen LogP contribution in [0, 0.1) is 5.92 Å². The number of aliphatic hydroxyl groups is 1. The zero-order valence-electron chi connectivity index (χ0n) is 10.2. The molecule has 4 nitrogen and oxygen atoms in total. The summed E-state index contributed by atoms with van der Waals surface area (Å²) in [5, 5.41) is 13.1. The number of rotatable bonds is 2. The van der Waals surface area contributed by atoms with Gasteiger partial charge in [0, 0.05) is 31.3 Å². The molecule has 4 heteroatoms. The fraction of sp³-hybridized carbons (Fsp3) is 0.769. The van der Waals surface area contributed by atoms with Crippen molar-refractivity contribution in [3.8, 4) is 0 Å². The highest BCUT2D eigenvalue weighted by atomic mass is 16.3. The van der Waals surface area contributed by atoms with Gasteiger partial charge in [-0.3, -0.25) is 0 Å². The molecule has 1 aromatic rings. The van der Waals surface area contributed by atoms with Crippen molar-refractivity contribution in [1.82, 2.24) is 14.9 Å². The smallest absolute Gasteiger partial charge is 0.109 e. The van der Waals surface area contributed by atoms with Crippen LogP contribution >= 0.6 is 0 Å². The molecule has 0 bridgehead atoms. The standard InChI is InChI=1S/C13H21N3O/c17-12-3-5-16-11(7-12)9-15-13(16)6-10-2-1-4-14-8-10/h9-10,12,14,17H,1-8H2. The molecule has 0 amide bonds. The molecular weight excluding hydrogens is 214 g/mol. The van der Waals surface area contributed by atoms with Crippen LogP contribution in [0.25, 0.3) is 0 Å². The van der Waals surface area contributed by atoms with E-state index >= 15 is 0 Å². The molecule has 17 heavy (non-hydrogen) atoms. The second kappa shape index (κ2) is 4.78. The van der Waals surface area contributed by atoms with Gasteiger partial charge in [0.25, 0.3) is 0 Å². The number of aliphatic hydroxyl groups excluding tert-OH is 1. The monoisotopic (exact) mass is 235 g/mol. The minimum Gasteiger partial charge on any atom is -0.393 e. The molecule has 0 aliphatic carbocycles. The summed E-state index contributed by atoms with van der Waals surface area (Å²) in [4.78, 5) is 4.55. The van der Waals surface area contributed by atoms with Gasteiger partial charge in [0.15, 0.2) is 0 Å². The maximum atomic E-state index is 9.64. The van der Waals surface area contributed by atoms with Gasteiger partial charge in [-0.15, -0.1) is 0 Å². The largest absolute Gasteiger partial charge is 0.393 e. The first kappa shape index (κ1) is 11.2. The summed E-state index contributed by atoms with van der Waals surface area (Å²) in [7, 11) is 0. The Labute approximate surface area is 102 Å². The maximum absolute atomic E-state index is 9.64. The topological polar surface area (TPSA) is 50.1 Å². The average Bonchev–Trinajstić information content (AvgIpc) is 2.73. The Morgan fingerprint density at radius 1 is 1.47 bits per heavy atom. The summed E-state index contributed by atoms with van der Waals surface area (Å²) in [6.07, 6.45) is 7.13. The minimum atomic E-state index is -0.164. The van der Waals surface area contributed by atoms with Crippen molar-refractivity contribution in [1.29, 1.82) is 0 Å². The number of imidazole rings is 1. The molecule has 94 valence electrons. The number of hydrogen-bond acceptors (Lipinski definition) is 3. The maximum Gasteiger partial charge on any atom is 0.109 e. The molecule has 0 saturated carbocycles. The number of nitrogens with one attached hydrogen (secondary N) is 1. The van der Waals surface area contributed by atoms with Gasteiger partial charge in [0.05, 0.1) is 6.10 Å². The van der Waals surface area contributed by atoms with Gasteiger partial charge >= 0.3 is 0 Å². The number of hydrogen-bond donors (Lipinski definition) is 2. The highest BCUT2D eigenvalue weighted by Crippen LogP contribution is 2.21. The molecule has 3 heterocycles. The van der Waals surface area contributed by atoms with E-state index in [9.17, 15) is 5.11 Å². The molecule has 3 rings (SSSR count). The van der Waals surface area contributed by atoms with E-state index in [-0.39, 0.29) is 6.10 Å². The molecule has 1 saturated heterocycles. The van der Waals surface area contributed by atoms with Crippen LogP contribution < -0.4 is 5.32 Å². The molecule has 0 aromatic carbocycles. The minimum absolute atomic E-state index is 0.164. The lowest BCUT2D eigenvalue weighted by Gasteiger charge is -2.25. The molecule has 2 aliphatic heterocycles. The second-order valence-corrected chi connectivity index (χ2v) is 5.38. The molecule has 0 spiro atoms. The molecular formula is C13H21N3O. The van der Waals surface area contributed by atoms with Crippen molar-refractivity contribution in [2.45, 2.75) is 44.8 Å². The Hall–Kier alpha value is -0.870. The van der Waals surface area contributed by atoms with Crippen LogP contribution in [0.15, 0.2) is 6.20 Å². The van der Waals surface area contributed by atoms with Crippen LogP contribution in [0.5, 0.6) is 0 Å². The van der Waals surface area contributed by atoms with Crippen molar-refractivity contribution in [2.75, 3.05) is 13.1 Å². The van der Waals surface area contributed by atoms with Gasteiger partial charge in [-0.2, -0.15) is 0 Å². The van der Waals surface area contributed by atoms with Crippen LogP contribution in [0.3, 0.4) is 0 Å². The number of piperidine rings is 1. The summed E-state index contributed by atoms with van der Waals surface area (Å²) in [5.74, 6) is 1.96. The fourth-order valence-corrected chi connectivity index (χ4v) is 3.03. The van der Waals surface area contributed by atoms with Gasteiger partial charge in [0.2, 0.25) is 0 Å². The first-order valence-corrected chi connectivity index (χ1v) is 6.75. The van der Waals surface area contributed by atoms with E-state index in [0.717, 1.165) is 38.3 Å². The molecule has 2 unspecified atom stereocenters. The van der Waals surface area contributed by atoms with Gasteiger partial charge in [-0.1, -0.05) is 0 Å². The van der Waals surface area contributed by atoms with Gasteiger partial charge in [-0.05, 0) is 38.3 Å². The average molecular weight is 235 g/mol. The predicted molar refractivity (Wildman–Crippen MR) is 65.9 cm³/mol. The van der Waals surface area contributed by atoms with E-state index in [4.69, 9.17) is 0 Å². The molecule has 2 N–H and O–H groups in total. The zero-order chi connectivity index (χ0) is 11.7. The summed E-state index contributed by atoms with van der Waals surface area (Å²) >= 11 is 0. The number of aromatic nitrogens is 2. The van der Waals surface area contributed by atoms with Crippen molar-refractivity contribution < 1.29 is 5.11 Å². The lowest BCUT2D eigenvalue weighted by molar-refractivity contribution is 0.142. The van der Waals surface area contributed by atoms with Crippen LogP contribution in [0.2, 0.25) is 0 Å². The lowest BCUT2D eigenvalue weighted by Crippen LogP contribution is -2.32. The van der Waals surface area contributed by atoms with Crippen molar-refractivity contribution in [3.05, 3.63) is 17.7 Å². The quantitative estimate of drug-likeness (QED) is 0.794. The Morgan fingerprint density at radius 2 is 2.41 bits per heavy atom. The predicted octanol–water partition coefficient (Wildman–Crippen LogP) is 0.732. The van der Waals surface area contributed by atoms with Crippen molar-refractivity contribution >= 4 is 0 Å². The van der Waals surface area contributed by atoms with Crippen LogP contribution in [0.1, 0.15) is 30.8 Å². The van der Waals surface area contributed by atoms with Gasteiger partial charge < -0.3 is 15.0 Å². The SMILES string of the molecule is OC1CCn2c(cnc2CC2CCCNC2)C1. The Morgan fingerprint density at radius 3 is 3.24 bits per heavy atom. The lowest BCUT2D eigenvalue weighted by atomic mass is 9.95. The summed E-state index contributed by atoms with van der Waals surface area (Å²) in [6.45, 7) is 3.24. The van der Waals surface area contributed by atoms with E-state index in [1.54, 1.807) is 0 Å². The van der Waals surface area contributed by atoms with E-state index in [1.807, 2.05) is 6.20 Å². The zero-order valence-corrected chi connectivity index (χ0v) is 10.2. The Kier molecular flexibility index (Phi) is 3.16. The fourth-order valence-electron chi connectivity index (χ4n) is 3.03. The molecule has 2 aliphatic rings. The van der Waals surface area contributed by atoms with E-state index < -0.39 is 0 Å². The summed E-state index contributed by atoms with van der Waals surface area (Å²) in [6, 6.07) is 0. The van der Waals surface area contributed by atoms with Gasteiger partial charge in [-0.25, -0.2) is 4.98 Å². The van der Waals surface area contributed by atoms with E-state index in [0.29, 0.717) is 0 Å². The highest BCUT2D eigenvalue weighted by molar-refractivity contribution is 5.10. The third-order valence-corrected chi connectivity index (χ3v) is 4.02. The van der Waals surface area contributed by atoms with Crippen molar-refractivity contribution in [3.63, 3.8) is 0 Å². The third-order valence-electron chi connectivity index (χ3n) is 4.02.